The van der Waals surface area contributed by atoms with Gasteiger partial charge in [0, 0.05) is 11.4 Å². The number of alkyl halides is 1. The maximum absolute atomic E-state index is 12.9. The van der Waals surface area contributed by atoms with E-state index in [1.54, 1.807) is 6.92 Å². The van der Waals surface area contributed by atoms with E-state index in [1.807, 2.05) is 0 Å². The summed E-state index contributed by atoms with van der Waals surface area (Å²) in [4.78, 5) is 5.06. The lowest BCUT2D eigenvalue weighted by Crippen LogP contribution is -2.28. The predicted molar refractivity (Wildman–Crippen MR) is 76.3 cm³/mol. The van der Waals surface area contributed by atoms with Crippen molar-refractivity contribution in [3.8, 4) is 0 Å². The van der Waals surface area contributed by atoms with Gasteiger partial charge in [-0.25, -0.2) is 12.8 Å². The number of halogens is 3. The molecule has 0 amide bonds. The minimum Gasteiger partial charge on any atom is -0.387 e. The van der Waals surface area contributed by atoms with Gasteiger partial charge in [0.05, 0.1) is 11.6 Å². The highest BCUT2D eigenvalue weighted by Crippen LogP contribution is 2.29. The zero-order chi connectivity index (χ0) is 15.0. The third kappa shape index (κ3) is 3.24. The first kappa shape index (κ1) is 15.5. The molecule has 0 bridgehead atoms. The first-order valence-corrected chi connectivity index (χ1v) is 8.30. The average molecular weight is 340 g/mol. The minimum absolute atomic E-state index is 0.0631. The van der Waals surface area contributed by atoms with E-state index in [1.165, 1.54) is 6.07 Å². The molecular formula is C12H12Cl2FNO3S. The van der Waals surface area contributed by atoms with Crippen LogP contribution in [0.4, 0.5) is 4.39 Å². The van der Waals surface area contributed by atoms with E-state index >= 15 is 0 Å². The first-order valence-electron chi connectivity index (χ1n) is 5.73. The van der Waals surface area contributed by atoms with Crippen molar-refractivity contribution in [2.45, 2.75) is 24.7 Å². The van der Waals surface area contributed by atoms with Crippen LogP contribution >= 0.6 is 23.2 Å². The highest BCUT2D eigenvalue weighted by Gasteiger charge is 2.39. The number of rotatable bonds is 3. The summed E-state index contributed by atoms with van der Waals surface area (Å²) in [6, 6.07) is 3.57. The molecule has 1 aliphatic heterocycles. The van der Waals surface area contributed by atoms with Crippen molar-refractivity contribution in [2.75, 3.05) is 5.88 Å². The van der Waals surface area contributed by atoms with Crippen LogP contribution in [-0.4, -0.2) is 24.9 Å². The van der Waals surface area contributed by atoms with E-state index in [9.17, 15) is 12.8 Å². The smallest absolute Gasteiger partial charge is 0.199 e. The van der Waals surface area contributed by atoms with Crippen LogP contribution in [0, 0.1) is 5.82 Å². The molecule has 0 saturated heterocycles. The van der Waals surface area contributed by atoms with Gasteiger partial charge in [-0.3, -0.25) is 0 Å². The average Bonchev–Trinajstić information content (AvgIpc) is 2.77. The molecule has 0 fully saturated rings. The number of hydrogen-bond donors (Lipinski definition) is 0. The molecule has 0 saturated carbocycles. The molecule has 20 heavy (non-hydrogen) atoms. The van der Waals surface area contributed by atoms with Crippen LogP contribution in [0.25, 0.3) is 0 Å². The van der Waals surface area contributed by atoms with Crippen molar-refractivity contribution in [2.24, 2.45) is 5.16 Å². The highest BCUT2D eigenvalue weighted by atomic mass is 35.5. The largest absolute Gasteiger partial charge is 0.387 e. The first-order chi connectivity index (χ1) is 9.26. The van der Waals surface area contributed by atoms with Crippen molar-refractivity contribution in [3.05, 3.63) is 34.6 Å². The Morgan fingerprint density at radius 3 is 2.75 bits per heavy atom. The summed E-state index contributed by atoms with van der Waals surface area (Å²) in [5, 5.41) is 3.60. The number of benzene rings is 1. The monoisotopic (exact) mass is 339 g/mol. The van der Waals surface area contributed by atoms with E-state index in [-0.39, 0.29) is 28.1 Å². The lowest BCUT2D eigenvalue weighted by atomic mass is 10.1. The van der Waals surface area contributed by atoms with Crippen molar-refractivity contribution in [1.29, 1.82) is 0 Å². The molecule has 0 N–H and O–H groups in total. The van der Waals surface area contributed by atoms with E-state index in [0.717, 1.165) is 12.1 Å². The predicted octanol–water partition coefficient (Wildman–Crippen LogP) is 3.13. The third-order valence-electron chi connectivity index (χ3n) is 2.90. The molecule has 1 aliphatic rings. The minimum atomic E-state index is -3.67. The molecule has 0 radical (unpaired) electrons. The Morgan fingerprint density at radius 2 is 2.20 bits per heavy atom. The molecular weight excluding hydrogens is 328 g/mol. The van der Waals surface area contributed by atoms with Crippen molar-refractivity contribution in [3.63, 3.8) is 0 Å². The SMILES string of the molecule is CC1(CCl)CC(S(=O)(=O)Cc2ccc(F)cc2Cl)=NO1. The Bertz CT molecular complexity index is 663. The fourth-order valence-corrected chi connectivity index (χ4v) is 3.67. The van der Waals surface area contributed by atoms with Gasteiger partial charge >= 0.3 is 0 Å². The summed E-state index contributed by atoms with van der Waals surface area (Å²) >= 11 is 11.5. The highest BCUT2D eigenvalue weighted by molar-refractivity contribution is 8.05. The summed E-state index contributed by atoms with van der Waals surface area (Å²) < 4.78 is 37.4. The Morgan fingerprint density at radius 1 is 1.50 bits per heavy atom. The maximum atomic E-state index is 12.9. The Balaban J connectivity index is 2.21. The van der Waals surface area contributed by atoms with Gasteiger partial charge in [0.1, 0.15) is 5.82 Å². The zero-order valence-electron chi connectivity index (χ0n) is 10.6. The number of nitrogens with zero attached hydrogens (tertiary/aromatic N) is 1. The van der Waals surface area contributed by atoms with Crippen molar-refractivity contribution >= 4 is 38.1 Å². The number of sulfone groups is 1. The van der Waals surface area contributed by atoms with Crippen LogP contribution in [0.1, 0.15) is 18.9 Å². The molecule has 1 heterocycles. The molecule has 1 aromatic carbocycles. The van der Waals surface area contributed by atoms with Crippen LogP contribution < -0.4 is 0 Å². The summed E-state index contributed by atoms with van der Waals surface area (Å²) in [5.74, 6) is -0.744. The lowest BCUT2D eigenvalue weighted by molar-refractivity contribution is 0.0152. The Hall–Kier alpha value is -0.850. The second-order valence-electron chi connectivity index (χ2n) is 4.83. The summed E-state index contributed by atoms with van der Waals surface area (Å²) in [6.45, 7) is 1.68. The Kier molecular flexibility index (Phi) is 4.27. The van der Waals surface area contributed by atoms with Gasteiger partial charge in [-0.1, -0.05) is 22.8 Å². The van der Waals surface area contributed by atoms with Gasteiger partial charge in [-0.05, 0) is 24.6 Å². The molecule has 0 aliphatic carbocycles. The van der Waals surface area contributed by atoms with Crippen LogP contribution in [0.5, 0.6) is 0 Å². The molecule has 0 spiro atoms. The fourth-order valence-electron chi connectivity index (χ4n) is 1.71. The molecule has 4 nitrogen and oxygen atoms in total. The van der Waals surface area contributed by atoms with Crippen LogP contribution in [0.3, 0.4) is 0 Å². The molecule has 1 aromatic rings. The third-order valence-corrected chi connectivity index (χ3v) is 5.44. The van der Waals surface area contributed by atoms with Crippen molar-refractivity contribution < 1.29 is 17.6 Å². The van der Waals surface area contributed by atoms with Gasteiger partial charge in [0.15, 0.2) is 20.5 Å². The lowest BCUT2D eigenvalue weighted by Gasteiger charge is -2.16. The molecule has 2 rings (SSSR count). The second-order valence-corrected chi connectivity index (χ2v) is 7.50. The summed E-state index contributed by atoms with van der Waals surface area (Å²) in [6.07, 6.45) is 0.109. The van der Waals surface area contributed by atoms with Gasteiger partial charge in [0.2, 0.25) is 0 Å². The van der Waals surface area contributed by atoms with Crippen molar-refractivity contribution in [1.82, 2.24) is 0 Å². The maximum Gasteiger partial charge on any atom is 0.199 e. The Labute approximate surface area is 126 Å². The quantitative estimate of drug-likeness (QED) is 0.795. The standard InChI is InChI=1S/C12H12Cl2FNO3S/c1-12(7-13)5-11(16-19-12)20(17,18)6-8-2-3-9(15)4-10(8)14/h2-4H,5-7H2,1H3. The van der Waals surface area contributed by atoms with Crippen LogP contribution in [0.2, 0.25) is 5.02 Å². The number of hydrogen-bond acceptors (Lipinski definition) is 4. The van der Waals surface area contributed by atoms with E-state index in [2.05, 4.69) is 5.16 Å². The summed E-state index contributed by atoms with van der Waals surface area (Å²) in [7, 11) is -3.67. The normalized spacial score (nSPS) is 22.5. The molecule has 1 unspecified atom stereocenters. The van der Waals surface area contributed by atoms with Gasteiger partial charge in [-0.15, -0.1) is 11.6 Å². The van der Waals surface area contributed by atoms with Gasteiger partial charge in [-0.2, -0.15) is 0 Å². The molecule has 0 aromatic heterocycles. The van der Waals surface area contributed by atoms with Gasteiger partial charge in [0.25, 0.3) is 0 Å². The molecule has 110 valence electrons. The van der Waals surface area contributed by atoms with Crippen LogP contribution in [-0.2, 0) is 20.4 Å². The fraction of sp³-hybridized carbons (Fsp3) is 0.417. The van der Waals surface area contributed by atoms with E-state index in [4.69, 9.17) is 28.0 Å². The van der Waals surface area contributed by atoms with Crippen LogP contribution in [0.15, 0.2) is 23.4 Å². The number of oxime groups is 1. The van der Waals surface area contributed by atoms with E-state index < -0.39 is 21.3 Å². The zero-order valence-corrected chi connectivity index (χ0v) is 12.9. The second kappa shape index (κ2) is 5.50. The van der Waals surface area contributed by atoms with E-state index in [0.29, 0.717) is 5.56 Å². The summed E-state index contributed by atoms with van der Waals surface area (Å²) in [5.41, 5.74) is -0.494. The van der Waals surface area contributed by atoms with Gasteiger partial charge < -0.3 is 4.84 Å². The molecule has 1 atom stereocenters. The molecule has 8 heteroatoms. The topological polar surface area (TPSA) is 55.7 Å².